The van der Waals surface area contributed by atoms with E-state index in [-0.39, 0.29) is 13.2 Å². The molecule has 2 aromatic rings. The molecule has 0 bridgehead atoms. The largest absolute Gasteiger partial charge is 0.618 e. The van der Waals surface area contributed by atoms with E-state index >= 15 is 0 Å². The van der Waals surface area contributed by atoms with Gasteiger partial charge in [-0.3, -0.25) is 4.90 Å². The third-order valence-electron chi connectivity index (χ3n) is 3.18. The van der Waals surface area contributed by atoms with Gasteiger partial charge in [-0.15, -0.1) is 0 Å². The van der Waals surface area contributed by atoms with Crippen molar-refractivity contribution < 1.29 is 14.3 Å². The van der Waals surface area contributed by atoms with Crippen molar-refractivity contribution in [3.8, 4) is 0 Å². The van der Waals surface area contributed by atoms with Crippen molar-refractivity contribution in [2.24, 2.45) is 0 Å². The Morgan fingerprint density at radius 3 is 2.90 bits per heavy atom. The zero-order chi connectivity index (χ0) is 13.9. The molecule has 2 heterocycles. The average molecular weight is 271 g/mol. The van der Waals surface area contributed by atoms with E-state index in [4.69, 9.17) is 4.74 Å². The summed E-state index contributed by atoms with van der Waals surface area (Å²) in [5.41, 5.74) is 2.05. The lowest BCUT2D eigenvalue weighted by atomic mass is 10.2. The SMILES string of the molecule is O=C(OCc1ccccc1)N1Cc2ncc[n+]([O-])c2C1. The van der Waals surface area contributed by atoms with Gasteiger partial charge < -0.3 is 9.94 Å². The van der Waals surface area contributed by atoms with Gasteiger partial charge in [-0.05, 0) is 5.56 Å². The van der Waals surface area contributed by atoms with Crippen LogP contribution in [0.25, 0.3) is 0 Å². The number of ether oxygens (including phenoxy) is 1. The van der Waals surface area contributed by atoms with Gasteiger partial charge in [0, 0.05) is 0 Å². The molecule has 1 aromatic carbocycles. The van der Waals surface area contributed by atoms with Gasteiger partial charge in [0.05, 0.1) is 12.7 Å². The normalized spacial score (nSPS) is 13.1. The molecule has 3 rings (SSSR count). The van der Waals surface area contributed by atoms with Crippen LogP contribution in [0.1, 0.15) is 17.0 Å². The minimum Gasteiger partial charge on any atom is -0.618 e. The predicted molar refractivity (Wildman–Crippen MR) is 69.1 cm³/mol. The van der Waals surface area contributed by atoms with E-state index in [1.165, 1.54) is 17.3 Å². The Kier molecular flexibility index (Phi) is 3.20. The summed E-state index contributed by atoms with van der Waals surface area (Å²) in [4.78, 5) is 17.5. The van der Waals surface area contributed by atoms with E-state index < -0.39 is 6.09 Å². The predicted octanol–water partition coefficient (Wildman–Crippen LogP) is 1.37. The number of fused-ring (bicyclic) bond motifs is 1. The number of nitrogens with zero attached hydrogens (tertiary/aromatic N) is 3. The highest BCUT2D eigenvalue weighted by molar-refractivity contribution is 5.68. The number of carbonyl (C=O) groups is 1. The third-order valence-corrected chi connectivity index (χ3v) is 3.18. The van der Waals surface area contributed by atoms with Crippen molar-refractivity contribution in [3.05, 3.63) is 64.9 Å². The molecule has 0 fully saturated rings. The van der Waals surface area contributed by atoms with Crippen molar-refractivity contribution in [3.63, 3.8) is 0 Å². The molecule has 1 amide bonds. The molecule has 0 radical (unpaired) electrons. The first-order valence-electron chi connectivity index (χ1n) is 6.25. The first kappa shape index (κ1) is 12.4. The van der Waals surface area contributed by atoms with E-state index in [1.54, 1.807) is 0 Å². The summed E-state index contributed by atoms with van der Waals surface area (Å²) in [5, 5.41) is 11.6. The maximum Gasteiger partial charge on any atom is 0.410 e. The van der Waals surface area contributed by atoms with Gasteiger partial charge in [-0.2, -0.15) is 4.73 Å². The molecule has 1 aliphatic rings. The Labute approximate surface area is 115 Å². The monoisotopic (exact) mass is 271 g/mol. The van der Waals surface area contributed by atoms with Crippen LogP contribution in [0.3, 0.4) is 0 Å². The minimum absolute atomic E-state index is 0.220. The molecule has 1 aromatic heterocycles. The molecule has 102 valence electrons. The molecule has 1 aliphatic heterocycles. The van der Waals surface area contributed by atoms with E-state index in [0.717, 1.165) is 10.3 Å². The molecule has 0 aliphatic carbocycles. The molecule has 0 unspecified atom stereocenters. The summed E-state index contributed by atoms with van der Waals surface area (Å²) in [6.07, 6.45) is 2.33. The van der Waals surface area contributed by atoms with Crippen molar-refractivity contribution in [1.82, 2.24) is 9.88 Å². The topological polar surface area (TPSA) is 69.4 Å². The fraction of sp³-hybridized carbons (Fsp3) is 0.214. The molecule has 0 N–H and O–H groups in total. The molecule has 0 saturated heterocycles. The highest BCUT2D eigenvalue weighted by Gasteiger charge is 2.31. The van der Waals surface area contributed by atoms with Crippen molar-refractivity contribution >= 4 is 6.09 Å². The number of hydrogen-bond donors (Lipinski definition) is 0. The summed E-state index contributed by atoms with van der Waals surface area (Å²) in [6.45, 7) is 0.768. The lowest BCUT2D eigenvalue weighted by molar-refractivity contribution is -0.614. The van der Waals surface area contributed by atoms with E-state index in [0.29, 0.717) is 17.9 Å². The third kappa shape index (κ3) is 2.40. The second-order valence-corrected chi connectivity index (χ2v) is 4.54. The van der Waals surface area contributed by atoms with Crippen molar-refractivity contribution in [2.75, 3.05) is 0 Å². The highest BCUT2D eigenvalue weighted by Crippen LogP contribution is 2.18. The highest BCUT2D eigenvalue weighted by atomic mass is 16.6. The Morgan fingerprint density at radius 1 is 1.35 bits per heavy atom. The molecule has 0 atom stereocenters. The second kappa shape index (κ2) is 5.16. The van der Waals surface area contributed by atoms with Crippen LogP contribution in [-0.2, 0) is 24.4 Å². The Hall–Kier alpha value is -2.63. The quantitative estimate of drug-likeness (QED) is 0.611. The zero-order valence-corrected chi connectivity index (χ0v) is 10.7. The summed E-state index contributed by atoms with van der Waals surface area (Å²) >= 11 is 0. The number of aromatic nitrogens is 2. The Bertz CT molecular complexity index is 631. The maximum atomic E-state index is 12.0. The Morgan fingerprint density at radius 2 is 2.15 bits per heavy atom. The summed E-state index contributed by atoms with van der Waals surface area (Å²) in [7, 11) is 0. The van der Waals surface area contributed by atoms with Crippen LogP contribution in [0.15, 0.2) is 42.7 Å². The van der Waals surface area contributed by atoms with Crippen LogP contribution < -0.4 is 4.73 Å². The molecule has 6 nitrogen and oxygen atoms in total. The molecule has 0 spiro atoms. The van der Waals surface area contributed by atoms with Gasteiger partial charge in [0.25, 0.3) is 0 Å². The van der Waals surface area contributed by atoms with Crippen LogP contribution >= 0.6 is 0 Å². The average Bonchev–Trinajstić information content (AvgIpc) is 2.91. The summed E-state index contributed by atoms with van der Waals surface area (Å²) < 4.78 is 5.97. The number of benzene rings is 1. The van der Waals surface area contributed by atoms with Gasteiger partial charge in [-0.25, -0.2) is 9.78 Å². The van der Waals surface area contributed by atoms with Crippen LogP contribution in [0, 0.1) is 5.21 Å². The first-order chi connectivity index (χ1) is 9.74. The smallest absolute Gasteiger partial charge is 0.410 e. The van der Waals surface area contributed by atoms with Crippen LogP contribution in [0.5, 0.6) is 0 Å². The van der Waals surface area contributed by atoms with E-state index in [1.807, 2.05) is 30.3 Å². The van der Waals surface area contributed by atoms with Gasteiger partial charge in [-0.1, -0.05) is 30.3 Å². The first-order valence-corrected chi connectivity index (χ1v) is 6.25. The van der Waals surface area contributed by atoms with Crippen molar-refractivity contribution in [2.45, 2.75) is 19.7 Å². The molecular weight excluding hydrogens is 258 g/mol. The van der Waals surface area contributed by atoms with Gasteiger partial charge in [0.1, 0.15) is 18.8 Å². The van der Waals surface area contributed by atoms with Gasteiger partial charge >= 0.3 is 6.09 Å². The summed E-state index contributed by atoms with van der Waals surface area (Å²) in [5.74, 6) is 0. The van der Waals surface area contributed by atoms with Crippen LogP contribution in [-0.4, -0.2) is 16.0 Å². The van der Waals surface area contributed by atoms with Crippen LogP contribution in [0.4, 0.5) is 4.79 Å². The standard InChI is InChI=1S/C14H13N3O3/c18-14(20-10-11-4-2-1-3-5-11)16-8-12-13(9-16)17(19)7-6-15-12/h1-7H,8-10H2. The molecular formula is C14H13N3O3. The lowest BCUT2D eigenvalue weighted by Crippen LogP contribution is -2.33. The van der Waals surface area contributed by atoms with Crippen molar-refractivity contribution in [1.29, 1.82) is 0 Å². The number of amides is 1. The van der Waals surface area contributed by atoms with Crippen LogP contribution in [0.2, 0.25) is 0 Å². The lowest BCUT2D eigenvalue weighted by Gasteiger charge is -2.14. The molecule has 0 saturated carbocycles. The fourth-order valence-electron chi connectivity index (χ4n) is 2.13. The maximum absolute atomic E-state index is 12.0. The minimum atomic E-state index is -0.438. The van der Waals surface area contributed by atoms with E-state index in [9.17, 15) is 10.0 Å². The number of hydrogen-bond acceptors (Lipinski definition) is 4. The van der Waals surface area contributed by atoms with Gasteiger partial charge in [0.15, 0.2) is 6.20 Å². The zero-order valence-electron chi connectivity index (χ0n) is 10.7. The van der Waals surface area contributed by atoms with E-state index in [2.05, 4.69) is 4.98 Å². The fourth-order valence-corrected chi connectivity index (χ4v) is 2.13. The summed E-state index contributed by atoms with van der Waals surface area (Å²) in [6, 6.07) is 9.46. The molecule has 20 heavy (non-hydrogen) atoms. The number of carbonyl (C=O) groups excluding carboxylic acids is 1. The molecule has 6 heteroatoms. The number of rotatable bonds is 2. The van der Waals surface area contributed by atoms with Gasteiger partial charge in [0.2, 0.25) is 5.69 Å². The Balaban J connectivity index is 1.62. The second-order valence-electron chi connectivity index (χ2n) is 4.54.